The SMILES string of the molecule is CC(=O)Nc1nonc1NC(=O)CNC(=O)C(C)C. The Labute approximate surface area is 109 Å². The standard InChI is InChI=1S/C10H15N5O4/c1-5(2)10(18)11-4-7(17)13-9-8(12-6(3)16)14-19-15-9/h5H,4H2,1-3H3,(H,11,18)(H,12,14,16)(H,13,15,17). The average Bonchev–Trinajstić information content (AvgIpc) is 2.72. The van der Waals surface area contributed by atoms with E-state index in [0.717, 1.165) is 0 Å². The van der Waals surface area contributed by atoms with Crippen molar-refractivity contribution in [3.8, 4) is 0 Å². The van der Waals surface area contributed by atoms with Gasteiger partial charge in [0, 0.05) is 12.8 Å². The quantitative estimate of drug-likeness (QED) is 0.676. The van der Waals surface area contributed by atoms with Crippen molar-refractivity contribution in [3.05, 3.63) is 0 Å². The lowest BCUT2D eigenvalue weighted by Gasteiger charge is -2.07. The molecule has 0 atom stereocenters. The van der Waals surface area contributed by atoms with Crippen LogP contribution in [0.15, 0.2) is 4.63 Å². The van der Waals surface area contributed by atoms with Crippen molar-refractivity contribution in [3.63, 3.8) is 0 Å². The summed E-state index contributed by atoms with van der Waals surface area (Å²) in [6.45, 7) is 4.50. The lowest BCUT2D eigenvalue weighted by molar-refractivity contribution is -0.126. The van der Waals surface area contributed by atoms with Crippen molar-refractivity contribution in [2.75, 3.05) is 17.2 Å². The first-order chi connectivity index (χ1) is 8.90. The maximum absolute atomic E-state index is 11.5. The Kier molecular flexibility index (Phi) is 4.98. The van der Waals surface area contributed by atoms with Gasteiger partial charge in [0.25, 0.3) is 0 Å². The second-order valence-corrected chi connectivity index (χ2v) is 4.06. The van der Waals surface area contributed by atoms with Crippen LogP contribution in [0.5, 0.6) is 0 Å². The van der Waals surface area contributed by atoms with Gasteiger partial charge in [-0.1, -0.05) is 13.8 Å². The molecule has 3 N–H and O–H groups in total. The van der Waals surface area contributed by atoms with Crippen molar-refractivity contribution in [1.29, 1.82) is 0 Å². The van der Waals surface area contributed by atoms with E-state index in [9.17, 15) is 14.4 Å². The van der Waals surface area contributed by atoms with Crippen LogP contribution in [-0.4, -0.2) is 34.6 Å². The number of nitrogens with one attached hydrogen (secondary N) is 3. The molecule has 9 heteroatoms. The Balaban J connectivity index is 2.51. The van der Waals surface area contributed by atoms with Gasteiger partial charge in [-0.05, 0) is 10.3 Å². The van der Waals surface area contributed by atoms with E-state index >= 15 is 0 Å². The first-order valence-corrected chi connectivity index (χ1v) is 5.58. The molecule has 0 fully saturated rings. The van der Waals surface area contributed by atoms with Gasteiger partial charge in [-0.3, -0.25) is 14.4 Å². The highest BCUT2D eigenvalue weighted by Gasteiger charge is 2.15. The average molecular weight is 269 g/mol. The monoisotopic (exact) mass is 269 g/mol. The lowest BCUT2D eigenvalue weighted by Crippen LogP contribution is -2.35. The molecule has 0 aliphatic rings. The second-order valence-electron chi connectivity index (χ2n) is 4.06. The van der Waals surface area contributed by atoms with Crippen molar-refractivity contribution in [2.24, 2.45) is 5.92 Å². The molecular weight excluding hydrogens is 254 g/mol. The number of amides is 3. The Morgan fingerprint density at radius 3 is 2.26 bits per heavy atom. The topological polar surface area (TPSA) is 126 Å². The maximum Gasteiger partial charge on any atom is 0.245 e. The van der Waals surface area contributed by atoms with Crippen molar-refractivity contribution in [2.45, 2.75) is 20.8 Å². The normalized spacial score (nSPS) is 10.1. The van der Waals surface area contributed by atoms with E-state index < -0.39 is 5.91 Å². The molecule has 19 heavy (non-hydrogen) atoms. The predicted molar refractivity (Wildman–Crippen MR) is 65.1 cm³/mol. The molecule has 9 nitrogen and oxygen atoms in total. The number of rotatable bonds is 5. The third-order valence-electron chi connectivity index (χ3n) is 1.99. The van der Waals surface area contributed by atoms with Crippen LogP contribution in [0.4, 0.5) is 11.6 Å². The molecule has 0 aliphatic heterocycles. The Bertz CT molecular complexity index is 482. The summed E-state index contributed by atoms with van der Waals surface area (Å²) < 4.78 is 4.39. The lowest BCUT2D eigenvalue weighted by atomic mass is 10.2. The van der Waals surface area contributed by atoms with Crippen LogP contribution < -0.4 is 16.0 Å². The summed E-state index contributed by atoms with van der Waals surface area (Å²) in [4.78, 5) is 33.6. The van der Waals surface area contributed by atoms with Crippen LogP contribution in [0.2, 0.25) is 0 Å². The molecule has 0 radical (unpaired) electrons. The van der Waals surface area contributed by atoms with Gasteiger partial charge in [0.05, 0.1) is 6.54 Å². The molecule has 1 rings (SSSR count). The molecule has 1 aromatic rings. The fraction of sp³-hybridized carbons (Fsp3) is 0.500. The number of aromatic nitrogens is 2. The number of anilines is 2. The second kappa shape index (κ2) is 6.47. The van der Waals surface area contributed by atoms with Crippen LogP contribution >= 0.6 is 0 Å². The molecule has 0 saturated heterocycles. The van der Waals surface area contributed by atoms with Gasteiger partial charge in [-0.2, -0.15) is 0 Å². The molecule has 0 bridgehead atoms. The summed E-state index contributed by atoms with van der Waals surface area (Å²) in [6.07, 6.45) is 0. The van der Waals surface area contributed by atoms with Crippen LogP contribution in [0.3, 0.4) is 0 Å². The summed E-state index contributed by atoms with van der Waals surface area (Å²) in [5.41, 5.74) is 0. The minimum Gasteiger partial charge on any atom is -0.347 e. The van der Waals surface area contributed by atoms with E-state index in [4.69, 9.17) is 0 Å². The predicted octanol–water partition coefficient (Wildman–Crippen LogP) is -0.261. The molecular formula is C10H15N5O4. The van der Waals surface area contributed by atoms with Gasteiger partial charge in [0.1, 0.15) is 0 Å². The van der Waals surface area contributed by atoms with Gasteiger partial charge in [0.2, 0.25) is 29.4 Å². The fourth-order valence-corrected chi connectivity index (χ4v) is 1.07. The number of hydrogen-bond donors (Lipinski definition) is 3. The van der Waals surface area contributed by atoms with Crippen LogP contribution in [0.25, 0.3) is 0 Å². The third kappa shape index (κ3) is 4.74. The van der Waals surface area contributed by atoms with E-state index in [1.807, 2.05) is 0 Å². The molecule has 104 valence electrons. The van der Waals surface area contributed by atoms with Crippen molar-refractivity contribution >= 4 is 29.4 Å². The van der Waals surface area contributed by atoms with Crippen LogP contribution in [0, 0.1) is 5.92 Å². The zero-order valence-electron chi connectivity index (χ0n) is 10.8. The van der Waals surface area contributed by atoms with E-state index in [1.54, 1.807) is 13.8 Å². The van der Waals surface area contributed by atoms with E-state index in [1.165, 1.54) is 6.92 Å². The minimum atomic E-state index is -0.503. The Hall–Kier alpha value is -2.45. The largest absolute Gasteiger partial charge is 0.347 e. The van der Waals surface area contributed by atoms with Gasteiger partial charge >= 0.3 is 0 Å². The smallest absolute Gasteiger partial charge is 0.245 e. The van der Waals surface area contributed by atoms with E-state index in [0.29, 0.717) is 0 Å². The van der Waals surface area contributed by atoms with Crippen LogP contribution in [0.1, 0.15) is 20.8 Å². The zero-order valence-corrected chi connectivity index (χ0v) is 10.8. The number of carbonyl (C=O) groups excluding carboxylic acids is 3. The molecule has 1 aromatic heterocycles. The molecule has 0 aliphatic carbocycles. The highest BCUT2D eigenvalue weighted by molar-refractivity contribution is 5.98. The van der Waals surface area contributed by atoms with Crippen molar-refractivity contribution < 1.29 is 19.0 Å². The summed E-state index contributed by atoms with van der Waals surface area (Å²) >= 11 is 0. The maximum atomic E-state index is 11.5. The highest BCUT2D eigenvalue weighted by Crippen LogP contribution is 2.14. The summed E-state index contributed by atoms with van der Waals surface area (Å²) in [7, 11) is 0. The molecule has 0 aromatic carbocycles. The molecule has 1 heterocycles. The zero-order chi connectivity index (χ0) is 14.4. The fourth-order valence-electron chi connectivity index (χ4n) is 1.07. The van der Waals surface area contributed by atoms with Crippen LogP contribution in [-0.2, 0) is 14.4 Å². The summed E-state index contributed by atoms with van der Waals surface area (Å²) in [6, 6.07) is 0. The third-order valence-corrected chi connectivity index (χ3v) is 1.99. The molecule has 3 amide bonds. The number of nitrogens with zero attached hydrogens (tertiary/aromatic N) is 2. The van der Waals surface area contributed by atoms with E-state index in [-0.39, 0.29) is 35.9 Å². The summed E-state index contributed by atoms with van der Waals surface area (Å²) in [5.74, 6) is -1.34. The van der Waals surface area contributed by atoms with Gasteiger partial charge < -0.3 is 16.0 Å². The molecule has 0 spiro atoms. The van der Waals surface area contributed by atoms with Gasteiger partial charge in [-0.15, -0.1) is 0 Å². The van der Waals surface area contributed by atoms with Gasteiger partial charge in [-0.25, -0.2) is 4.63 Å². The summed E-state index contributed by atoms with van der Waals surface area (Å²) in [5, 5.41) is 14.0. The first-order valence-electron chi connectivity index (χ1n) is 5.58. The number of carbonyl (C=O) groups is 3. The Morgan fingerprint density at radius 1 is 1.16 bits per heavy atom. The first kappa shape index (κ1) is 14.6. The van der Waals surface area contributed by atoms with Gasteiger partial charge in [0.15, 0.2) is 0 Å². The number of hydrogen-bond acceptors (Lipinski definition) is 6. The highest BCUT2D eigenvalue weighted by atomic mass is 16.6. The van der Waals surface area contributed by atoms with Crippen molar-refractivity contribution in [1.82, 2.24) is 15.6 Å². The Morgan fingerprint density at radius 2 is 1.74 bits per heavy atom. The molecule has 0 unspecified atom stereocenters. The van der Waals surface area contributed by atoms with E-state index in [2.05, 4.69) is 30.9 Å². The molecule has 0 saturated carbocycles. The minimum absolute atomic E-state index is 0.0102.